The van der Waals surface area contributed by atoms with Gasteiger partial charge in [-0.15, -0.1) is 0 Å². The molecule has 0 heterocycles. The van der Waals surface area contributed by atoms with E-state index in [1.165, 1.54) is 0 Å². The summed E-state index contributed by atoms with van der Waals surface area (Å²) in [5.74, 6) is 0.186. The van der Waals surface area contributed by atoms with Crippen LogP contribution in [0.4, 0.5) is 0 Å². The van der Waals surface area contributed by atoms with Crippen molar-refractivity contribution in [1.29, 1.82) is 0 Å². The molecule has 0 saturated heterocycles. The Balaban J connectivity index is 1.57. The summed E-state index contributed by atoms with van der Waals surface area (Å²) in [5.41, 5.74) is 0.855. The molecule has 4 rings (SSSR count). The first kappa shape index (κ1) is 24.3. The summed E-state index contributed by atoms with van der Waals surface area (Å²) >= 11 is 2.09. The number of halogens is 1. The zero-order valence-electron chi connectivity index (χ0n) is 18.4. The van der Waals surface area contributed by atoms with Crippen LogP contribution in [-0.2, 0) is 20.7 Å². The van der Waals surface area contributed by atoms with E-state index in [4.69, 9.17) is 13.8 Å². The van der Waals surface area contributed by atoms with Gasteiger partial charge in [-0.25, -0.2) is 4.57 Å². The third-order valence-corrected chi connectivity index (χ3v) is 7.42. The van der Waals surface area contributed by atoms with Crippen LogP contribution in [0.15, 0.2) is 97.1 Å². The molecule has 4 aromatic rings. The molecule has 0 saturated carbocycles. The van der Waals surface area contributed by atoms with Gasteiger partial charge >= 0.3 is 13.7 Å². The van der Waals surface area contributed by atoms with E-state index in [-0.39, 0.29) is 6.61 Å². The van der Waals surface area contributed by atoms with E-state index >= 15 is 0 Å². The number of esters is 1. The molecule has 8 heteroatoms. The van der Waals surface area contributed by atoms with E-state index < -0.39 is 19.8 Å². The van der Waals surface area contributed by atoms with Gasteiger partial charge in [0.15, 0.2) is 0 Å². The minimum atomic E-state index is -4.06. The molecule has 0 aromatic heterocycles. The highest BCUT2D eigenvalue weighted by molar-refractivity contribution is 14.1. The molecule has 0 fully saturated rings. The van der Waals surface area contributed by atoms with Gasteiger partial charge in [-0.05, 0) is 58.7 Å². The van der Waals surface area contributed by atoms with E-state index in [1.54, 1.807) is 25.1 Å². The van der Waals surface area contributed by atoms with Crippen LogP contribution in [0.3, 0.4) is 0 Å². The Morgan fingerprint density at radius 1 is 0.853 bits per heavy atom. The summed E-state index contributed by atoms with van der Waals surface area (Å²) in [5, 5.41) is 4.45. The van der Waals surface area contributed by atoms with Gasteiger partial charge in [0.2, 0.25) is 0 Å². The number of rotatable bonds is 9. The highest BCUT2D eigenvalue weighted by atomic mass is 127. The highest BCUT2D eigenvalue weighted by Gasteiger charge is 2.34. The number of carbonyl (C=O) groups is 1. The maximum atomic E-state index is 14.0. The van der Waals surface area contributed by atoms with Crippen LogP contribution in [0.1, 0.15) is 12.5 Å². The van der Waals surface area contributed by atoms with Crippen LogP contribution in [-0.4, -0.2) is 12.0 Å². The van der Waals surface area contributed by atoms with Crippen molar-refractivity contribution in [1.82, 2.24) is 5.09 Å². The first-order valence-electron chi connectivity index (χ1n) is 10.6. The lowest BCUT2D eigenvalue weighted by Crippen LogP contribution is -2.35. The van der Waals surface area contributed by atoms with Crippen LogP contribution in [0.5, 0.6) is 11.5 Å². The predicted molar refractivity (Wildman–Crippen MR) is 141 cm³/mol. The largest absolute Gasteiger partial charge is 0.513 e. The van der Waals surface area contributed by atoms with E-state index in [9.17, 15) is 9.36 Å². The van der Waals surface area contributed by atoms with Crippen LogP contribution in [0.2, 0.25) is 0 Å². The Kier molecular flexibility index (Phi) is 7.88. The number of benzene rings is 4. The Hall–Kier alpha value is -2.87. The van der Waals surface area contributed by atoms with Gasteiger partial charge in [0, 0.05) is 5.39 Å². The predicted octanol–water partition coefficient (Wildman–Crippen LogP) is 6.73. The number of nitrogens with one attached hydrogen (secondary N) is 1. The zero-order chi connectivity index (χ0) is 24.0. The first-order valence-corrected chi connectivity index (χ1v) is 13.3. The van der Waals surface area contributed by atoms with Crippen molar-refractivity contribution >= 4 is 47.1 Å². The van der Waals surface area contributed by atoms with Gasteiger partial charge in [0.1, 0.15) is 24.1 Å². The fourth-order valence-corrected chi connectivity index (χ4v) is 5.50. The molecule has 0 amide bonds. The third-order valence-electron chi connectivity index (χ3n) is 4.95. The van der Waals surface area contributed by atoms with Crippen molar-refractivity contribution in [3.05, 3.63) is 106 Å². The zero-order valence-corrected chi connectivity index (χ0v) is 21.4. The van der Waals surface area contributed by atoms with Gasteiger partial charge < -0.3 is 13.8 Å². The minimum Gasteiger partial charge on any atom is -0.460 e. The molecule has 0 spiro atoms. The maximum absolute atomic E-state index is 14.0. The standard InChI is InChI=1S/C26H23INO5P/c1-19(26(29)31-18-20-10-3-2-4-11-20)28-34(30,33-25-16-8-7-15-23(25)27)32-24-17-9-13-21-12-5-6-14-22(21)24/h2-17,19H,18H2,1H3,(H,28,30)/t19-,34?/m0/s1. The normalized spacial score (nSPS) is 13.6. The number of ether oxygens (including phenoxy) is 1. The molecule has 6 nitrogen and oxygen atoms in total. The van der Waals surface area contributed by atoms with Crippen molar-refractivity contribution in [2.24, 2.45) is 0 Å². The molecule has 1 unspecified atom stereocenters. The Bertz CT molecular complexity index is 1330. The van der Waals surface area contributed by atoms with Crippen molar-refractivity contribution in [2.75, 3.05) is 0 Å². The average Bonchev–Trinajstić information content (AvgIpc) is 2.85. The molecule has 2 atom stereocenters. The minimum absolute atomic E-state index is 0.109. The van der Waals surface area contributed by atoms with E-state index in [0.717, 1.165) is 19.9 Å². The average molecular weight is 587 g/mol. The Morgan fingerprint density at radius 2 is 1.47 bits per heavy atom. The molecular formula is C26H23INO5P. The summed E-state index contributed by atoms with van der Waals surface area (Å²) in [7, 11) is -4.06. The van der Waals surface area contributed by atoms with Crippen molar-refractivity contribution in [2.45, 2.75) is 19.6 Å². The monoisotopic (exact) mass is 587 g/mol. The van der Waals surface area contributed by atoms with E-state index in [2.05, 4.69) is 27.7 Å². The van der Waals surface area contributed by atoms with Crippen molar-refractivity contribution in [3.63, 3.8) is 0 Å². The van der Waals surface area contributed by atoms with Gasteiger partial charge in [-0.3, -0.25) is 4.79 Å². The number of hydrogen-bond acceptors (Lipinski definition) is 5. The second-order valence-electron chi connectivity index (χ2n) is 7.53. The van der Waals surface area contributed by atoms with E-state index in [1.807, 2.05) is 78.9 Å². The lowest BCUT2D eigenvalue weighted by Gasteiger charge is -2.24. The second kappa shape index (κ2) is 11.0. The Labute approximate surface area is 212 Å². The van der Waals surface area contributed by atoms with Gasteiger partial charge in [0.05, 0.1) is 3.57 Å². The van der Waals surface area contributed by atoms with Crippen LogP contribution >= 0.6 is 30.3 Å². The van der Waals surface area contributed by atoms with Crippen LogP contribution in [0.25, 0.3) is 10.8 Å². The molecular weight excluding hydrogens is 564 g/mol. The van der Waals surface area contributed by atoms with Gasteiger partial charge in [0.25, 0.3) is 0 Å². The molecule has 34 heavy (non-hydrogen) atoms. The van der Waals surface area contributed by atoms with Crippen LogP contribution in [0, 0.1) is 3.57 Å². The first-order chi connectivity index (χ1) is 16.4. The molecule has 0 bridgehead atoms. The van der Waals surface area contributed by atoms with E-state index in [0.29, 0.717) is 11.5 Å². The SMILES string of the molecule is C[C@H](NP(=O)(Oc1ccccc1I)Oc1cccc2ccccc12)C(=O)OCc1ccccc1. The number of para-hydroxylation sites is 1. The molecule has 174 valence electrons. The summed E-state index contributed by atoms with van der Waals surface area (Å²) in [6.45, 7) is 1.67. The smallest absolute Gasteiger partial charge is 0.460 e. The molecule has 0 aliphatic rings. The highest BCUT2D eigenvalue weighted by Crippen LogP contribution is 2.47. The second-order valence-corrected chi connectivity index (χ2v) is 10.3. The summed E-state index contributed by atoms with van der Waals surface area (Å²) in [4.78, 5) is 12.7. The van der Waals surface area contributed by atoms with Crippen molar-refractivity contribution in [3.8, 4) is 11.5 Å². The molecule has 0 radical (unpaired) electrons. The lowest BCUT2D eigenvalue weighted by atomic mass is 10.1. The summed E-state index contributed by atoms with van der Waals surface area (Å²) < 4.78 is 32.0. The molecule has 0 aliphatic heterocycles. The van der Waals surface area contributed by atoms with Gasteiger partial charge in [-0.2, -0.15) is 5.09 Å². The quantitative estimate of drug-likeness (QED) is 0.133. The fraction of sp³-hybridized carbons (Fsp3) is 0.115. The van der Waals surface area contributed by atoms with Gasteiger partial charge in [-0.1, -0.05) is 78.9 Å². The Morgan fingerprint density at radius 3 is 2.26 bits per heavy atom. The fourth-order valence-electron chi connectivity index (χ4n) is 3.27. The maximum Gasteiger partial charge on any atom is 0.513 e. The molecule has 1 N–H and O–H groups in total. The third kappa shape index (κ3) is 6.17. The summed E-state index contributed by atoms with van der Waals surface area (Å²) in [6, 6.07) is 28.6. The lowest BCUT2D eigenvalue weighted by molar-refractivity contribution is -0.146. The number of fused-ring (bicyclic) bond motifs is 1. The van der Waals surface area contributed by atoms with Crippen LogP contribution < -0.4 is 14.1 Å². The summed E-state index contributed by atoms with van der Waals surface area (Å²) in [6.07, 6.45) is 0. The topological polar surface area (TPSA) is 73.9 Å². The molecule has 4 aromatic carbocycles. The number of carbonyl (C=O) groups excluding carboxylic acids is 1. The van der Waals surface area contributed by atoms with Crippen molar-refractivity contribution < 1.29 is 23.1 Å². The molecule has 0 aliphatic carbocycles. The number of hydrogen-bond donors (Lipinski definition) is 1.